The Balaban J connectivity index is 2.14. The summed E-state index contributed by atoms with van der Waals surface area (Å²) < 4.78 is 4.78. The molecule has 1 aliphatic heterocycles. The van der Waals surface area contributed by atoms with Crippen LogP contribution < -0.4 is 5.32 Å². The van der Waals surface area contributed by atoms with Crippen LogP contribution in [0.15, 0.2) is 24.3 Å². The highest BCUT2D eigenvalue weighted by molar-refractivity contribution is 6.30. The SMILES string of the molecule is O=C1N[C@H](c2ccc(Cl)cc2)CCO1. The molecule has 0 saturated carbocycles. The summed E-state index contributed by atoms with van der Waals surface area (Å²) in [7, 11) is 0. The predicted octanol–water partition coefficient (Wildman–Crippen LogP) is 2.51. The maximum absolute atomic E-state index is 11.0. The van der Waals surface area contributed by atoms with Gasteiger partial charge in [-0.25, -0.2) is 4.79 Å². The smallest absolute Gasteiger partial charge is 0.407 e. The van der Waals surface area contributed by atoms with E-state index < -0.39 is 0 Å². The lowest BCUT2D eigenvalue weighted by Gasteiger charge is -2.23. The molecule has 1 saturated heterocycles. The minimum absolute atomic E-state index is 0.0496. The molecule has 4 heteroatoms. The quantitative estimate of drug-likeness (QED) is 0.775. The van der Waals surface area contributed by atoms with Gasteiger partial charge in [0.05, 0.1) is 12.6 Å². The number of halogens is 1. The molecule has 1 atom stereocenters. The third kappa shape index (κ3) is 1.99. The molecule has 14 heavy (non-hydrogen) atoms. The molecular weight excluding hydrogens is 202 g/mol. The van der Waals surface area contributed by atoms with Crippen molar-refractivity contribution < 1.29 is 9.53 Å². The van der Waals surface area contributed by atoms with Crippen molar-refractivity contribution in [2.45, 2.75) is 12.5 Å². The summed E-state index contributed by atoms with van der Waals surface area (Å²) in [6, 6.07) is 7.52. The van der Waals surface area contributed by atoms with Crippen LogP contribution in [0.25, 0.3) is 0 Å². The number of nitrogens with one attached hydrogen (secondary N) is 1. The first-order valence-corrected chi connectivity index (χ1v) is 4.82. The second-order valence-corrected chi connectivity index (χ2v) is 3.61. The molecule has 1 fully saturated rings. The van der Waals surface area contributed by atoms with E-state index in [1.54, 1.807) is 0 Å². The minimum atomic E-state index is -0.351. The minimum Gasteiger partial charge on any atom is -0.449 e. The number of cyclic esters (lactones) is 1. The standard InChI is InChI=1S/C10H10ClNO2/c11-8-3-1-7(2-4-8)9-5-6-14-10(13)12-9/h1-4,9H,5-6H2,(H,12,13)/t9-/m0/s1. The lowest BCUT2D eigenvalue weighted by atomic mass is 10.0. The zero-order chi connectivity index (χ0) is 9.97. The number of benzene rings is 1. The van der Waals surface area contributed by atoms with Crippen molar-refractivity contribution in [2.75, 3.05) is 6.61 Å². The van der Waals surface area contributed by atoms with Crippen LogP contribution in [0.2, 0.25) is 5.02 Å². The molecule has 0 spiro atoms. The Bertz CT molecular complexity index is 336. The number of hydrogen-bond donors (Lipinski definition) is 1. The molecule has 3 nitrogen and oxygen atoms in total. The number of alkyl carbamates (subject to hydrolysis) is 1. The summed E-state index contributed by atoms with van der Waals surface area (Å²) >= 11 is 5.77. The van der Waals surface area contributed by atoms with E-state index in [1.165, 1.54) is 0 Å². The fraction of sp³-hybridized carbons (Fsp3) is 0.300. The van der Waals surface area contributed by atoms with Gasteiger partial charge in [-0.05, 0) is 17.7 Å². The van der Waals surface area contributed by atoms with Crippen LogP contribution in [0.4, 0.5) is 4.79 Å². The number of rotatable bonds is 1. The van der Waals surface area contributed by atoms with Gasteiger partial charge in [0.2, 0.25) is 0 Å². The zero-order valence-electron chi connectivity index (χ0n) is 7.50. The highest BCUT2D eigenvalue weighted by Crippen LogP contribution is 2.21. The normalized spacial score (nSPS) is 21.2. The molecule has 0 radical (unpaired) electrons. The van der Waals surface area contributed by atoms with Gasteiger partial charge in [0.15, 0.2) is 0 Å². The zero-order valence-corrected chi connectivity index (χ0v) is 8.25. The van der Waals surface area contributed by atoms with Gasteiger partial charge in [-0.15, -0.1) is 0 Å². The Morgan fingerprint density at radius 2 is 2.07 bits per heavy atom. The molecule has 2 rings (SSSR count). The van der Waals surface area contributed by atoms with Crippen LogP contribution in [0.5, 0.6) is 0 Å². The molecule has 1 N–H and O–H groups in total. The number of amides is 1. The lowest BCUT2D eigenvalue weighted by Crippen LogP contribution is -2.35. The van der Waals surface area contributed by atoms with Gasteiger partial charge < -0.3 is 10.1 Å². The maximum atomic E-state index is 11.0. The summed E-state index contributed by atoms with van der Waals surface area (Å²) in [4.78, 5) is 11.0. The van der Waals surface area contributed by atoms with Crippen LogP contribution in [-0.4, -0.2) is 12.7 Å². The lowest BCUT2D eigenvalue weighted by molar-refractivity contribution is 0.115. The fourth-order valence-corrected chi connectivity index (χ4v) is 1.60. The Morgan fingerprint density at radius 3 is 2.71 bits per heavy atom. The highest BCUT2D eigenvalue weighted by atomic mass is 35.5. The van der Waals surface area contributed by atoms with E-state index >= 15 is 0 Å². The Morgan fingerprint density at radius 1 is 1.36 bits per heavy atom. The average molecular weight is 212 g/mol. The van der Waals surface area contributed by atoms with Crippen LogP contribution in [0, 0.1) is 0 Å². The topological polar surface area (TPSA) is 38.3 Å². The van der Waals surface area contributed by atoms with E-state index in [0.29, 0.717) is 11.6 Å². The highest BCUT2D eigenvalue weighted by Gasteiger charge is 2.20. The third-order valence-corrected chi connectivity index (χ3v) is 2.46. The number of hydrogen-bond acceptors (Lipinski definition) is 2. The van der Waals surface area contributed by atoms with E-state index in [2.05, 4.69) is 5.32 Å². The third-order valence-electron chi connectivity index (χ3n) is 2.20. The van der Waals surface area contributed by atoms with Gasteiger partial charge in [-0.1, -0.05) is 23.7 Å². The summed E-state index contributed by atoms with van der Waals surface area (Å²) in [5.74, 6) is 0. The van der Waals surface area contributed by atoms with E-state index in [4.69, 9.17) is 16.3 Å². The molecule has 0 bridgehead atoms. The fourth-order valence-electron chi connectivity index (χ4n) is 1.47. The first-order valence-electron chi connectivity index (χ1n) is 4.44. The maximum Gasteiger partial charge on any atom is 0.407 e. The van der Waals surface area contributed by atoms with E-state index in [9.17, 15) is 4.79 Å². The van der Waals surface area contributed by atoms with E-state index in [-0.39, 0.29) is 12.1 Å². The van der Waals surface area contributed by atoms with Crippen LogP contribution in [0.1, 0.15) is 18.0 Å². The molecule has 0 aromatic heterocycles. The van der Waals surface area contributed by atoms with Crippen molar-refractivity contribution in [2.24, 2.45) is 0 Å². The largest absolute Gasteiger partial charge is 0.449 e. The second-order valence-electron chi connectivity index (χ2n) is 3.17. The van der Waals surface area contributed by atoms with Gasteiger partial charge in [-0.3, -0.25) is 0 Å². The van der Waals surface area contributed by atoms with Crippen molar-refractivity contribution in [3.8, 4) is 0 Å². The monoisotopic (exact) mass is 211 g/mol. The summed E-state index contributed by atoms with van der Waals surface area (Å²) in [6.07, 6.45) is 0.448. The van der Waals surface area contributed by atoms with Crippen LogP contribution in [0.3, 0.4) is 0 Å². The van der Waals surface area contributed by atoms with Crippen molar-refractivity contribution >= 4 is 17.7 Å². The van der Waals surface area contributed by atoms with Gasteiger partial charge in [-0.2, -0.15) is 0 Å². The Hall–Kier alpha value is -1.22. The van der Waals surface area contributed by atoms with Crippen molar-refractivity contribution in [1.82, 2.24) is 5.32 Å². The molecule has 1 amide bonds. The predicted molar refractivity (Wildman–Crippen MR) is 53.3 cm³/mol. The first-order chi connectivity index (χ1) is 6.75. The molecule has 1 aliphatic rings. The van der Waals surface area contributed by atoms with Crippen molar-refractivity contribution in [1.29, 1.82) is 0 Å². The van der Waals surface area contributed by atoms with Crippen molar-refractivity contribution in [3.05, 3.63) is 34.9 Å². The number of carbonyl (C=O) groups excluding carboxylic acids is 1. The summed E-state index contributed by atoms with van der Waals surface area (Å²) in [5.41, 5.74) is 1.06. The molecular formula is C10H10ClNO2. The first kappa shape index (κ1) is 9.34. The van der Waals surface area contributed by atoms with Crippen LogP contribution >= 0.6 is 11.6 Å². The molecule has 1 heterocycles. The summed E-state index contributed by atoms with van der Waals surface area (Å²) in [5, 5.41) is 3.45. The average Bonchev–Trinajstić information content (AvgIpc) is 2.19. The van der Waals surface area contributed by atoms with E-state index in [1.807, 2.05) is 24.3 Å². The van der Waals surface area contributed by atoms with Gasteiger partial charge in [0.25, 0.3) is 0 Å². The number of carbonyl (C=O) groups is 1. The molecule has 74 valence electrons. The Labute approximate surface area is 87.0 Å². The van der Waals surface area contributed by atoms with Crippen LogP contribution in [-0.2, 0) is 4.74 Å². The molecule has 0 unspecified atom stereocenters. The second kappa shape index (κ2) is 3.88. The number of ether oxygens (including phenoxy) is 1. The Kier molecular flexibility index (Phi) is 2.59. The van der Waals surface area contributed by atoms with Gasteiger partial charge >= 0.3 is 6.09 Å². The molecule has 1 aromatic carbocycles. The van der Waals surface area contributed by atoms with E-state index in [0.717, 1.165) is 12.0 Å². The summed E-state index contributed by atoms with van der Waals surface area (Å²) in [6.45, 7) is 0.471. The molecule has 1 aromatic rings. The molecule has 0 aliphatic carbocycles. The van der Waals surface area contributed by atoms with Gasteiger partial charge in [0.1, 0.15) is 0 Å². The van der Waals surface area contributed by atoms with Crippen molar-refractivity contribution in [3.63, 3.8) is 0 Å². The van der Waals surface area contributed by atoms with Gasteiger partial charge in [0, 0.05) is 11.4 Å².